The average Bonchev–Trinajstić information content (AvgIpc) is 2.65. The molecule has 1 saturated heterocycles. The summed E-state index contributed by atoms with van der Waals surface area (Å²) in [6, 6.07) is 9.78. The second kappa shape index (κ2) is 10.6. The van der Waals surface area contributed by atoms with Crippen LogP contribution in [0.3, 0.4) is 0 Å². The summed E-state index contributed by atoms with van der Waals surface area (Å²) >= 11 is 0. The van der Waals surface area contributed by atoms with Gasteiger partial charge in [-0.15, -0.1) is 0 Å². The molecule has 0 radical (unpaired) electrons. The number of nitrogens with one attached hydrogen (secondary N) is 2. The summed E-state index contributed by atoms with van der Waals surface area (Å²) in [5.41, 5.74) is 1.04. The minimum atomic E-state index is -0.102. The number of carbonyl (C=O) groups excluding carboxylic acids is 2. The van der Waals surface area contributed by atoms with Gasteiger partial charge >= 0.3 is 0 Å². The number of rotatable bonds is 8. The second-order valence-corrected chi connectivity index (χ2v) is 6.23. The molecular weight excluding hydrogens is 332 g/mol. The van der Waals surface area contributed by atoms with Crippen molar-refractivity contribution in [1.29, 1.82) is 0 Å². The highest BCUT2D eigenvalue weighted by Crippen LogP contribution is 2.15. The third-order valence-electron chi connectivity index (χ3n) is 4.32. The summed E-state index contributed by atoms with van der Waals surface area (Å²) in [6.07, 6.45) is 1.53. The SMILES string of the molecule is CCNC(=NCC(CO)c1ccccc1)NCCN1C(=O)CCCC1=O. The molecule has 0 aromatic heterocycles. The van der Waals surface area contributed by atoms with Gasteiger partial charge in [0.25, 0.3) is 0 Å². The molecule has 0 bridgehead atoms. The van der Waals surface area contributed by atoms with Gasteiger partial charge in [0.15, 0.2) is 5.96 Å². The molecule has 26 heavy (non-hydrogen) atoms. The van der Waals surface area contributed by atoms with Crippen molar-refractivity contribution in [2.45, 2.75) is 32.1 Å². The Morgan fingerprint density at radius 3 is 2.50 bits per heavy atom. The van der Waals surface area contributed by atoms with Crippen molar-refractivity contribution < 1.29 is 14.7 Å². The van der Waals surface area contributed by atoms with Crippen molar-refractivity contribution in [3.63, 3.8) is 0 Å². The zero-order valence-corrected chi connectivity index (χ0v) is 15.3. The number of guanidine groups is 1. The van der Waals surface area contributed by atoms with Gasteiger partial charge in [0.1, 0.15) is 0 Å². The number of piperidine rings is 1. The number of aliphatic hydroxyl groups is 1. The van der Waals surface area contributed by atoms with E-state index < -0.39 is 0 Å². The maximum Gasteiger partial charge on any atom is 0.229 e. The minimum absolute atomic E-state index is 0.0176. The number of nitrogens with zero attached hydrogens (tertiary/aromatic N) is 2. The van der Waals surface area contributed by atoms with Crippen LogP contribution in [0.2, 0.25) is 0 Å². The molecule has 1 aliphatic rings. The van der Waals surface area contributed by atoms with Gasteiger partial charge < -0.3 is 15.7 Å². The monoisotopic (exact) mass is 360 g/mol. The Labute approximate surface area is 154 Å². The fraction of sp³-hybridized carbons (Fsp3) is 0.526. The van der Waals surface area contributed by atoms with Crippen molar-refractivity contribution in [2.75, 3.05) is 32.8 Å². The number of likely N-dealkylation sites (tertiary alicyclic amines) is 1. The van der Waals surface area contributed by atoms with Crippen LogP contribution in [0.25, 0.3) is 0 Å². The van der Waals surface area contributed by atoms with Gasteiger partial charge in [-0.05, 0) is 18.9 Å². The molecule has 142 valence electrons. The average molecular weight is 360 g/mol. The highest BCUT2D eigenvalue weighted by atomic mass is 16.3. The molecule has 1 aromatic rings. The van der Waals surface area contributed by atoms with Crippen molar-refractivity contribution >= 4 is 17.8 Å². The van der Waals surface area contributed by atoms with E-state index in [1.165, 1.54) is 4.90 Å². The highest BCUT2D eigenvalue weighted by Gasteiger charge is 2.25. The number of aliphatic imine (C=N–C) groups is 1. The summed E-state index contributed by atoms with van der Waals surface area (Å²) in [5.74, 6) is 0.333. The summed E-state index contributed by atoms with van der Waals surface area (Å²) in [5, 5.41) is 15.9. The number of carbonyl (C=O) groups is 2. The van der Waals surface area contributed by atoms with Crippen LogP contribution >= 0.6 is 0 Å². The molecule has 7 heteroatoms. The van der Waals surface area contributed by atoms with Gasteiger partial charge in [0, 0.05) is 38.4 Å². The molecule has 1 fully saturated rings. The number of benzene rings is 1. The zero-order chi connectivity index (χ0) is 18.8. The molecule has 1 aromatic carbocycles. The van der Waals surface area contributed by atoms with Crippen LogP contribution in [0.5, 0.6) is 0 Å². The van der Waals surface area contributed by atoms with E-state index in [4.69, 9.17) is 0 Å². The Hall–Kier alpha value is -2.41. The van der Waals surface area contributed by atoms with Crippen LogP contribution in [0, 0.1) is 0 Å². The summed E-state index contributed by atoms with van der Waals surface area (Å²) in [7, 11) is 0. The van der Waals surface area contributed by atoms with E-state index in [-0.39, 0.29) is 24.3 Å². The lowest BCUT2D eigenvalue weighted by molar-refractivity contribution is -0.147. The number of amides is 2. The Morgan fingerprint density at radius 2 is 1.88 bits per heavy atom. The molecular formula is C19H28N4O3. The largest absolute Gasteiger partial charge is 0.396 e. The molecule has 0 spiro atoms. The Bertz CT molecular complexity index is 602. The zero-order valence-electron chi connectivity index (χ0n) is 15.3. The smallest absolute Gasteiger partial charge is 0.229 e. The number of aliphatic hydroxyl groups excluding tert-OH is 1. The molecule has 7 nitrogen and oxygen atoms in total. The molecule has 2 amide bonds. The van der Waals surface area contributed by atoms with Crippen LogP contribution in [0.4, 0.5) is 0 Å². The van der Waals surface area contributed by atoms with Gasteiger partial charge in [0.2, 0.25) is 11.8 Å². The first-order chi connectivity index (χ1) is 12.7. The molecule has 0 aliphatic carbocycles. The van der Waals surface area contributed by atoms with E-state index in [1.807, 2.05) is 37.3 Å². The van der Waals surface area contributed by atoms with Crippen LogP contribution in [-0.4, -0.2) is 60.6 Å². The maximum absolute atomic E-state index is 11.8. The summed E-state index contributed by atoms with van der Waals surface area (Å²) in [4.78, 5) is 29.5. The number of hydrogen-bond donors (Lipinski definition) is 3. The lowest BCUT2D eigenvalue weighted by atomic mass is 10.0. The van der Waals surface area contributed by atoms with E-state index in [0.29, 0.717) is 51.4 Å². The van der Waals surface area contributed by atoms with Crippen LogP contribution in [0.1, 0.15) is 37.7 Å². The van der Waals surface area contributed by atoms with Gasteiger partial charge in [-0.1, -0.05) is 30.3 Å². The van der Waals surface area contributed by atoms with Gasteiger partial charge in [-0.3, -0.25) is 19.5 Å². The van der Waals surface area contributed by atoms with Crippen LogP contribution in [-0.2, 0) is 9.59 Å². The first kappa shape index (κ1) is 19.9. The fourth-order valence-electron chi connectivity index (χ4n) is 2.87. The van der Waals surface area contributed by atoms with E-state index >= 15 is 0 Å². The van der Waals surface area contributed by atoms with E-state index in [2.05, 4.69) is 15.6 Å². The lowest BCUT2D eigenvalue weighted by Gasteiger charge is -2.25. The lowest BCUT2D eigenvalue weighted by Crippen LogP contribution is -2.46. The fourth-order valence-corrected chi connectivity index (χ4v) is 2.87. The molecule has 1 atom stereocenters. The van der Waals surface area contributed by atoms with Crippen molar-refractivity contribution in [3.8, 4) is 0 Å². The Balaban J connectivity index is 1.89. The van der Waals surface area contributed by atoms with E-state index in [0.717, 1.165) is 5.56 Å². The van der Waals surface area contributed by atoms with Gasteiger partial charge in [0.05, 0.1) is 13.2 Å². The molecule has 0 saturated carbocycles. The van der Waals surface area contributed by atoms with Crippen LogP contribution < -0.4 is 10.6 Å². The topological polar surface area (TPSA) is 94.0 Å². The molecule has 3 N–H and O–H groups in total. The third kappa shape index (κ3) is 5.84. The predicted octanol–water partition coefficient (Wildman–Crippen LogP) is 0.857. The van der Waals surface area contributed by atoms with Gasteiger partial charge in [-0.25, -0.2) is 0 Å². The number of hydrogen-bond acceptors (Lipinski definition) is 4. The maximum atomic E-state index is 11.8. The quantitative estimate of drug-likeness (QED) is 0.363. The first-order valence-corrected chi connectivity index (χ1v) is 9.16. The predicted molar refractivity (Wildman–Crippen MR) is 101 cm³/mol. The van der Waals surface area contributed by atoms with E-state index in [1.54, 1.807) is 0 Å². The molecule has 2 rings (SSSR count). The minimum Gasteiger partial charge on any atom is -0.396 e. The molecule has 1 aliphatic heterocycles. The summed E-state index contributed by atoms with van der Waals surface area (Å²) < 4.78 is 0. The van der Waals surface area contributed by atoms with Crippen molar-refractivity contribution in [3.05, 3.63) is 35.9 Å². The highest BCUT2D eigenvalue weighted by molar-refractivity contribution is 5.97. The normalized spacial score (nSPS) is 16.5. The molecule has 1 unspecified atom stereocenters. The van der Waals surface area contributed by atoms with Crippen LogP contribution in [0.15, 0.2) is 35.3 Å². The van der Waals surface area contributed by atoms with E-state index in [9.17, 15) is 14.7 Å². The van der Waals surface area contributed by atoms with Gasteiger partial charge in [-0.2, -0.15) is 0 Å². The number of imide groups is 1. The first-order valence-electron chi connectivity index (χ1n) is 9.16. The standard InChI is InChI=1S/C19H28N4O3/c1-2-20-19(21-11-12-23-17(25)9-6-10-18(23)26)22-13-16(14-24)15-7-4-3-5-8-15/h3-5,7-8,16,24H,2,6,9-14H2,1H3,(H2,20,21,22). The Kier molecular flexibility index (Phi) is 8.08. The third-order valence-corrected chi connectivity index (χ3v) is 4.32. The van der Waals surface area contributed by atoms with Crippen molar-refractivity contribution in [2.24, 2.45) is 4.99 Å². The summed E-state index contributed by atoms with van der Waals surface area (Å²) in [6.45, 7) is 3.90. The molecule has 1 heterocycles. The second-order valence-electron chi connectivity index (χ2n) is 6.23. The van der Waals surface area contributed by atoms with Crippen molar-refractivity contribution in [1.82, 2.24) is 15.5 Å². The Morgan fingerprint density at radius 1 is 1.19 bits per heavy atom.